The highest BCUT2D eigenvalue weighted by molar-refractivity contribution is 8.00. The van der Waals surface area contributed by atoms with E-state index in [1.54, 1.807) is 18.2 Å². The molecule has 2 rings (SSSR count). The minimum absolute atomic E-state index is 0.153. The molecule has 0 saturated carbocycles. The van der Waals surface area contributed by atoms with Crippen molar-refractivity contribution in [2.45, 2.75) is 23.6 Å². The third-order valence-electron chi connectivity index (χ3n) is 2.64. The maximum Gasteiger partial charge on any atom is 0.309 e. The van der Waals surface area contributed by atoms with Gasteiger partial charge in [0.25, 0.3) is 0 Å². The summed E-state index contributed by atoms with van der Waals surface area (Å²) in [6, 6.07) is 5.02. The normalized spacial score (nSPS) is 19.9. The molecule has 0 aliphatic carbocycles. The lowest BCUT2D eigenvalue weighted by atomic mass is 10.1. The van der Waals surface area contributed by atoms with Crippen molar-refractivity contribution in [2.24, 2.45) is 5.92 Å². The van der Waals surface area contributed by atoms with E-state index in [1.165, 1.54) is 11.8 Å². The van der Waals surface area contributed by atoms with Crippen molar-refractivity contribution in [3.05, 3.63) is 18.2 Å². The van der Waals surface area contributed by atoms with Gasteiger partial charge in [-0.05, 0) is 24.6 Å². The lowest BCUT2D eigenvalue weighted by Crippen LogP contribution is -2.28. The highest BCUT2D eigenvalue weighted by Gasteiger charge is 2.32. The molecule has 1 aromatic carbocycles. The molecule has 1 aromatic rings. The first-order valence-electron chi connectivity index (χ1n) is 5.11. The molecule has 2 unspecified atom stereocenters. The number of rotatable bonds is 3. The summed E-state index contributed by atoms with van der Waals surface area (Å²) in [7, 11) is 0. The van der Waals surface area contributed by atoms with Crippen molar-refractivity contribution in [1.29, 1.82) is 0 Å². The minimum Gasteiger partial charge on any atom is -0.508 e. The third-order valence-corrected chi connectivity index (χ3v) is 3.93. The number of carbonyl (C=O) groups is 1. The molecule has 0 fully saturated rings. The number of carboxylic acids is 1. The Morgan fingerprint density at radius 2 is 2.38 bits per heavy atom. The van der Waals surface area contributed by atoms with E-state index in [1.807, 2.05) is 6.92 Å². The first-order valence-corrected chi connectivity index (χ1v) is 5.98. The van der Waals surface area contributed by atoms with Crippen molar-refractivity contribution in [2.75, 3.05) is 5.32 Å². The molecule has 0 bridgehead atoms. The summed E-state index contributed by atoms with van der Waals surface area (Å²) in [6.07, 6.45) is 0.583. The predicted molar refractivity (Wildman–Crippen MR) is 62.8 cm³/mol. The number of carboxylic acid groups (broad SMARTS) is 1. The Morgan fingerprint density at radius 3 is 3.00 bits per heavy atom. The van der Waals surface area contributed by atoms with Crippen LogP contribution in [-0.2, 0) is 4.79 Å². The Labute approximate surface area is 97.7 Å². The Morgan fingerprint density at radius 1 is 1.62 bits per heavy atom. The molecule has 86 valence electrons. The summed E-state index contributed by atoms with van der Waals surface area (Å²) < 4.78 is 0. The Bertz CT molecular complexity index is 422. The lowest BCUT2D eigenvalue weighted by Gasteiger charge is -2.17. The number of fused-ring (bicyclic) bond motifs is 1. The van der Waals surface area contributed by atoms with Gasteiger partial charge in [-0.1, -0.05) is 18.7 Å². The Hall–Kier alpha value is -1.36. The van der Waals surface area contributed by atoms with Crippen LogP contribution >= 0.6 is 11.8 Å². The number of nitrogens with one attached hydrogen (secondary N) is 1. The van der Waals surface area contributed by atoms with E-state index in [2.05, 4.69) is 5.32 Å². The first-order chi connectivity index (χ1) is 7.61. The number of hydrogen-bond acceptors (Lipinski definition) is 4. The van der Waals surface area contributed by atoms with Crippen LogP contribution in [0.15, 0.2) is 23.1 Å². The molecular formula is C11H13NO3S. The summed E-state index contributed by atoms with van der Waals surface area (Å²) >= 11 is 1.46. The minimum atomic E-state index is -0.787. The lowest BCUT2D eigenvalue weighted by molar-refractivity contribution is -0.141. The van der Waals surface area contributed by atoms with E-state index in [4.69, 9.17) is 5.11 Å². The summed E-state index contributed by atoms with van der Waals surface area (Å²) in [4.78, 5) is 11.9. The van der Waals surface area contributed by atoms with Crippen molar-refractivity contribution in [3.8, 4) is 5.75 Å². The second-order valence-electron chi connectivity index (χ2n) is 3.72. The summed E-state index contributed by atoms with van der Waals surface area (Å²) in [5.74, 6) is -0.999. The Kier molecular flexibility index (Phi) is 2.96. The smallest absolute Gasteiger partial charge is 0.309 e. The molecule has 1 aliphatic rings. The second-order valence-corrected chi connectivity index (χ2v) is 4.90. The van der Waals surface area contributed by atoms with E-state index < -0.39 is 11.9 Å². The van der Waals surface area contributed by atoms with Gasteiger partial charge in [0.15, 0.2) is 0 Å². The second kappa shape index (κ2) is 4.25. The van der Waals surface area contributed by atoms with Crippen LogP contribution in [0.3, 0.4) is 0 Å². The highest BCUT2D eigenvalue weighted by Crippen LogP contribution is 2.43. The van der Waals surface area contributed by atoms with Gasteiger partial charge >= 0.3 is 5.97 Å². The van der Waals surface area contributed by atoms with Crippen LogP contribution in [0.5, 0.6) is 5.75 Å². The molecule has 0 spiro atoms. The maximum atomic E-state index is 11.0. The van der Waals surface area contributed by atoms with E-state index in [0.717, 1.165) is 10.6 Å². The van der Waals surface area contributed by atoms with Gasteiger partial charge in [-0.25, -0.2) is 0 Å². The number of phenols is 1. The molecule has 3 N–H and O–H groups in total. The third kappa shape index (κ3) is 1.95. The van der Waals surface area contributed by atoms with E-state index >= 15 is 0 Å². The van der Waals surface area contributed by atoms with E-state index in [9.17, 15) is 9.90 Å². The molecule has 5 heteroatoms. The zero-order chi connectivity index (χ0) is 11.7. The molecule has 2 atom stereocenters. The van der Waals surface area contributed by atoms with Crippen LogP contribution in [0.25, 0.3) is 0 Å². The van der Waals surface area contributed by atoms with Crippen molar-refractivity contribution in [1.82, 2.24) is 0 Å². The van der Waals surface area contributed by atoms with Crippen molar-refractivity contribution >= 4 is 23.4 Å². The SMILES string of the molecule is CCC(C(=O)O)C1Nc2ccc(O)cc2S1. The molecule has 0 aromatic heterocycles. The molecule has 0 saturated heterocycles. The first kappa shape index (κ1) is 11.1. The summed E-state index contributed by atoms with van der Waals surface area (Å²) in [5, 5.41) is 21.4. The molecule has 4 nitrogen and oxygen atoms in total. The van der Waals surface area contributed by atoms with Crippen LogP contribution in [0.4, 0.5) is 5.69 Å². The topological polar surface area (TPSA) is 69.6 Å². The average Bonchev–Trinajstić information content (AvgIpc) is 2.60. The number of anilines is 1. The summed E-state index contributed by atoms with van der Waals surface area (Å²) in [5.41, 5.74) is 0.896. The number of thioether (sulfide) groups is 1. The number of hydrogen-bond donors (Lipinski definition) is 3. The molecule has 0 amide bonds. The largest absolute Gasteiger partial charge is 0.508 e. The van der Waals surface area contributed by atoms with Crippen molar-refractivity contribution in [3.63, 3.8) is 0 Å². The quantitative estimate of drug-likeness (QED) is 0.706. The zero-order valence-corrected chi connectivity index (χ0v) is 9.62. The highest BCUT2D eigenvalue weighted by atomic mass is 32.2. The van der Waals surface area contributed by atoms with E-state index in [0.29, 0.717) is 6.42 Å². The molecule has 1 heterocycles. The van der Waals surface area contributed by atoms with Gasteiger partial charge in [0.1, 0.15) is 5.75 Å². The van der Waals surface area contributed by atoms with Crippen LogP contribution in [0.2, 0.25) is 0 Å². The Balaban J connectivity index is 2.18. The van der Waals surface area contributed by atoms with E-state index in [-0.39, 0.29) is 11.1 Å². The number of aromatic hydroxyl groups is 1. The molecule has 16 heavy (non-hydrogen) atoms. The maximum absolute atomic E-state index is 11.0. The van der Waals surface area contributed by atoms with Gasteiger partial charge in [-0.15, -0.1) is 0 Å². The van der Waals surface area contributed by atoms with Gasteiger partial charge in [0, 0.05) is 10.6 Å². The summed E-state index contributed by atoms with van der Waals surface area (Å²) in [6.45, 7) is 1.86. The van der Waals surface area contributed by atoms with Crippen LogP contribution in [0, 0.1) is 5.92 Å². The fraction of sp³-hybridized carbons (Fsp3) is 0.364. The zero-order valence-electron chi connectivity index (χ0n) is 8.80. The predicted octanol–water partition coefficient (Wildman–Crippen LogP) is 2.35. The van der Waals surface area contributed by atoms with Gasteiger partial charge < -0.3 is 15.5 Å². The number of aliphatic carboxylic acids is 1. The van der Waals surface area contributed by atoms with Gasteiger partial charge in [0.05, 0.1) is 11.3 Å². The molecule has 0 radical (unpaired) electrons. The van der Waals surface area contributed by atoms with Gasteiger partial charge in [0.2, 0.25) is 0 Å². The van der Waals surface area contributed by atoms with Gasteiger partial charge in [-0.2, -0.15) is 0 Å². The van der Waals surface area contributed by atoms with Crippen molar-refractivity contribution < 1.29 is 15.0 Å². The average molecular weight is 239 g/mol. The molecular weight excluding hydrogens is 226 g/mol. The van der Waals surface area contributed by atoms with Crippen LogP contribution < -0.4 is 5.32 Å². The van der Waals surface area contributed by atoms with Crippen LogP contribution in [0.1, 0.15) is 13.3 Å². The number of phenolic OH excluding ortho intramolecular Hbond substituents is 1. The van der Waals surface area contributed by atoms with Crippen LogP contribution in [-0.4, -0.2) is 21.6 Å². The fourth-order valence-electron chi connectivity index (χ4n) is 1.75. The monoisotopic (exact) mass is 239 g/mol. The van der Waals surface area contributed by atoms with Gasteiger partial charge in [-0.3, -0.25) is 4.79 Å². The fourth-order valence-corrected chi connectivity index (χ4v) is 3.12. The standard InChI is InChI=1S/C11H13NO3S/c1-2-7(11(14)15)10-12-8-4-3-6(13)5-9(8)16-10/h3-5,7,10,12-13H,2H2,1H3,(H,14,15). The number of benzene rings is 1. The molecule has 1 aliphatic heterocycles.